The molecule has 1 aromatic heterocycles. The number of hydrogen-bond acceptors (Lipinski definition) is 3. The first-order valence-corrected chi connectivity index (χ1v) is 10.0. The number of nitrogens with one attached hydrogen (secondary N) is 2. The van der Waals surface area contributed by atoms with Gasteiger partial charge in [0.2, 0.25) is 5.91 Å². The molecule has 0 atom stereocenters. The number of aromatic amines is 1. The minimum Gasteiger partial charge on any atom is -0.497 e. The maximum absolute atomic E-state index is 12.5. The van der Waals surface area contributed by atoms with E-state index in [9.17, 15) is 9.90 Å². The molecule has 30 heavy (non-hydrogen) atoms. The van der Waals surface area contributed by atoms with E-state index in [-0.39, 0.29) is 5.91 Å². The molecule has 0 radical (unpaired) electrons. The second-order valence-electron chi connectivity index (χ2n) is 8.13. The number of hydrogen-bond donors (Lipinski definition) is 3. The summed E-state index contributed by atoms with van der Waals surface area (Å²) in [7, 11) is 1.65. The molecule has 0 aliphatic heterocycles. The monoisotopic (exact) mass is 402 g/mol. The molecule has 0 bridgehead atoms. The van der Waals surface area contributed by atoms with Crippen LogP contribution in [-0.2, 0) is 23.4 Å². The van der Waals surface area contributed by atoms with Crippen LogP contribution in [0.15, 0.2) is 60.7 Å². The lowest BCUT2D eigenvalue weighted by atomic mass is 9.96. The Morgan fingerprint density at radius 3 is 2.47 bits per heavy atom. The summed E-state index contributed by atoms with van der Waals surface area (Å²) in [6, 6.07) is 19.7. The predicted molar refractivity (Wildman–Crippen MR) is 120 cm³/mol. The highest BCUT2D eigenvalue weighted by Gasteiger charge is 2.16. The van der Waals surface area contributed by atoms with E-state index >= 15 is 0 Å². The number of benzene rings is 3. The van der Waals surface area contributed by atoms with Gasteiger partial charge >= 0.3 is 0 Å². The molecule has 4 aromatic rings. The van der Waals surface area contributed by atoms with Gasteiger partial charge in [-0.2, -0.15) is 0 Å². The van der Waals surface area contributed by atoms with Crippen LogP contribution in [0.4, 0.5) is 0 Å². The van der Waals surface area contributed by atoms with Gasteiger partial charge in [-0.15, -0.1) is 0 Å². The summed E-state index contributed by atoms with van der Waals surface area (Å²) in [6.45, 7) is 3.93. The highest BCUT2D eigenvalue weighted by atomic mass is 16.5. The lowest BCUT2D eigenvalue weighted by molar-refractivity contribution is -0.120. The molecule has 0 unspecified atom stereocenters. The number of ether oxygens (including phenoxy) is 1. The quantitative estimate of drug-likeness (QED) is 0.447. The van der Waals surface area contributed by atoms with Crippen LogP contribution >= 0.6 is 0 Å². The van der Waals surface area contributed by atoms with E-state index in [1.807, 2.05) is 54.6 Å². The molecule has 0 aliphatic rings. The van der Waals surface area contributed by atoms with Crippen molar-refractivity contribution in [1.29, 1.82) is 0 Å². The van der Waals surface area contributed by atoms with Gasteiger partial charge in [-0.05, 0) is 48.7 Å². The smallest absolute Gasteiger partial charge is 0.224 e. The minimum absolute atomic E-state index is 0.0409. The summed E-state index contributed by atoms with van der Waals surface area (Å²) in [4.78, 5) is 15.9. The molecule has 3 aromatic carbocycles. The molecule has 0 saturated heterocycles. The SMILES string of the molecule is COc1ccc2c(c1)[nH]c1cc(CC(=O)NCc3cccc(C(C)(C)O)c3)ccc12. The van der Waals surface area contributed by atoms with Crippen LogP contribution < -0.4 is 10.1 Å². The summed E-state index contributed by atoms with van der Waals surface area (Å²) >= 11 is 0. The summed E-state index contributed by atoms with van der Waals surface area (Å²) in [5.41, 5.74) is 3.85. The maximum Gasteiger partial charge on any atom is 0.224 e. The van der Waals surface area contributed by atoms with E-state index in [1.54, 1.807) is 21.0 Å². The first-order chi connectivity index (χ1) is 14.3. The van der Waals surface area contributed by atoms with Crippen LogP contribution in [0.25, 0.3) is 21.8 Å². The van der Waals surface area contributed by atoms with Gasteiger partial charge in [0.15, 0.2) is 0 Å². The molecule has 1 amide bonds. The van der Waals surface area contributed by atoms with Gasteiger partial charge in [0.25, 0.3) is 0 Å². The Morgan fingerprint density at radius 2 is 1.73 bits per heavy atom. The second-order valence-corrected chi connectivity index (χ2v) is 8.13. The number of aromatic nitrogens is 1. The number of amides is 1. The Morgan fingerprint density at radius 1 is 1.00 bits per heavy atom. The Hall–Kier alpha value is -3.31. The average Bonchev–Trinajstić information content (AvgIpc) is 3.08. The molecule has 5 nitrogen and oxygen atoms in total. The Kier molecular flexibility index (Phi) is 5.22. The summed E-state index contributed by atoms with van der Waals surface area (Å²) < 4.78 is 5.30. The molecule has 4 rings (SSSR count). The third-order valence-corrected chi connectivity index (χ3v) is 5.36. The van der Waals surface area contributed by atoms with Crippen molar-refractivity contribution < 1.29 is 14.6 Å². The van der Waals surface area contributed by atoms with Gasteiger partial charge in [0.1, 0.15) is 5.75 Å². The van der Waals surface area contributed by atoms with Crippen molar-refractivity contribution in [3.05, 3.63) is 77.4 Å². The number of rotatable bonds is 6. The molecule has 0 aliphatic carbocycles. The molecular weight excluding hydrogens is 376 g/mol. The zero-order chi connectivity index (χ0) is 21.3. The lowest BCUT2D eigenvalue weighted by Crippen LogP contribution is -2.25. The largest absolute Gasteiger partial charge is 0.497 e. The zero-order valence-electron chi connectivity index (χ0n) is 17.5. The van der Waals surface area contributed by atoms with Gasteiger partial charge in [-0.3, -0.25) is 4.79 Å². The molecule has 0 saturated carbocycles. The summed E-state index contributed by atoms with van der Waals surface area (Å²) in [6.07, 6.45) is 0.305. The number of methoxy groups -OCH3 is 1. The van der Waals surface area contributed by atoms with E-state index in [4.69, 9.17) is 4.74 Å². The van der Waals surface area contributed by atoms with Gasteiger partial charge in [0.05, 0.1) is 24.6 Å². The maximum atomic E-state index is 12.5. The number of fused-ring (bicyclic) bond motifs is 3. The summed E-state index contributed by atoms with van der Waals surface area (Å²) in [5.74, 6) is 0.767. The Balaban J connectivity index is 1.46. The van der Waals surface area contributed by atoms with Crippen molar-refractivity contribution in [2.45, 2.75) is 32.4 Å². The Labute approximate surface area is 175 Å². The fourth-order valence-electron chi connectivity index (χ4n) is 3.68. The van der Waals surface area contributed by atoms with Crippen LogP contribution in [0.5, 0.6) is 5.75 Å². The van der Waals surface area contributed by atoms with Crippen LogP contribution in [0.3, 0.4) is 0 Å². The zero-order valence-corrected chi connectivity index (χ0v) is 17.5. The topological polar surface area (TPSA) is 74.4 Å². The first-order valence-electron chi connectivity index (χ1n) is 10.0. The standard InChI is InChI=1S/C25H26N2O3/c1-25(2,29)18-6-4-5-17(11-18)15-26-24(28)13-16-7-9-20-21-10-8-19(30-3)14-23(21)27-22(20)12-16/h4-12,14,27,29H,13,15H2,1-3H3,(H,26,28). The summed E-state index contributed by atoms with van der Waals surface area (Å²) in [5, 5.41) is 15.4. The fourth-order valence-corrected chi connectivity index (χ4v) is 3.68. The third-order valence-electron chi connectivity index (χ3n) is 5.36. The number of H-pyrrole nitrogens is 1. The van der Waals surface area contributed by atoms with E-state index in [0.717, 1.165) is 44.2 Å². The third kappa shape index (κ3) is 4.16. The van der Waals surface area contributed by atoms with Gasteiger partial charge in [-0.1, -0.05) is 36.4 Å². The molecule has 1 heterocycles. The predicted octanol–water partition coefficient (Wildman–Crippen LogP) is 4.42. The van der Waals surface area contributed by atoms with Crippen LogP contribution in [0.1, 0.15) is 30.5 Å². The van der Waals surface area contributed by atoms with E-state index in [0.29, 0.717) is 13.0 Å². The number of carbonyl (C=O) groups excluding carboxylic acids is 1. The van der Waals surface area contributed by atoms with Gasteiger partial charge in [-0.25, -0.2) is 0 Å². The lowest BCUT2D eigenvalue weighted by Gasteiger charge is -2.18. The molecule has 5 heteroatoms. The van der Waals surface area contributed by atoms with Crippen molar-refractivity contribution in [1.82, 2.24) is 10.3 Å². The van der Waals surface area contributed by atoms with Crippen LogP contribution in [0, 0.1) is 0 Å². The normalized spacial score (nSPS) is 11.7. The molecule has 0 fully saturated rings. The highest BCUT2D eigenvalue weighted by molar-refractivity contribution is 6.07. The van der Waals surface area contributed by atoms with Gasteiger partial charge in [0, 0.05) is 28.9 Å². The number of aliphatic hydroxyl groups is 1. The van der Waals surface area contributed by atoms with E-state index in [1.165, 1.54) is 0 Å². The molecular formula is C25H26N2O3. The Bertz CT molecular complexity index is 1220. The van der Waals surface area contributed by atoms with Crippen molar-refractivity contribution >= 4 is 27.7 Å². The molecule has 0 spiro atoms. The van der Waals surface area contributed by atoms with Gasteiger partial charge < -0.3 is 20.1 Å². The first kappa shape index (κ1) is 20.0. The average molecular weight is 402 g/mol. The molecule has 3 N–H and O–H groups in total. The van der Waals surface area contributed by atoms with E-state index < -0.39 is 5.60 Å². The van der Waals surface area contributed by atoms with Crippen molar-refractivity contribution in [2.75, 3.05) is 7.11 Å². The van der Waals surface area contributed by atoms with Crippen molar-refractivity contribution in [2.24, 2.45) is 0 Å². The minimum atomic E-state index is -0.904. The fraction of sp³-hybridized carbons (Fsp3) is 0.240. The number of carbonyl (C=O) groups is 1. The van der Waals surface area contributed by atoms with Crippen molar-refractivity contribution in [3.8, 4) is 5.75 Å². The van der Waals surface area contributed by atoms with Crippen LogP contribution in [0.2, 0.25) is 0 Å². The van der Waals surface area contributed by atoms with Crippen LogP contribution in [-0.4, -0.2) is 23.1 Å². The molecule has 154 valence electrons. The second kappa shape index (κ2) is 7.84. The van der Waals surface area contributed by atoms with E-state index in [2.05, 4.69) is 16.4 Å². The highest BCUT2D eigenvalue weighted by Crippen LogP contribution is 2.29. The van der Waals surface area contributed by atoms with Crippen molar-refractivity contribution in [3.63, 3.8) is 0 Å².